The van der Waals surface area contributed by atoms with Crippen LogP contribution < -0.4 is 4.72 Å². The molecule has 0 aliphatic heterocycles. The Morgan fingerprint density at radius 2 is 1.47 bits per heavy atom. The van der Waals surface area contributed by atoms with Crippen molar-refractivity contribution in [3.05, 3.63) is 83.1 Å². The third-order valence-electron chi connectivity index (χ3n) is 3.79. The number of nitrogens with one attached hydrogen (secondary N) is 1. The van der Waals surface area contributed by atoms with Crippen LogP contribution in [0.25, 0.3) is 0 Å². The molecule has 0 saturated heterocycles. The normalized spacial score (nSPS) is 12.0. The van der Waals surface area contributed by atoms with Gasteiger partial charge < -0.3 is 5.11 Å². The highest BCUT2D eigenvalue weighted by Gasteiger charge is 2.28. The number of carbonyl (C=O) groups excluding carboxylic acids is 2. The summed E-state index contributed by atoms with van der Waals surface area (Å²) in [5, 5.41) is 10.5. The molecule has 0 aliphatic carbocycles. The molecule has 0 fully saturated rings. The molecule has 0 atom stereocenters. The standard InChI is InChI=1S/C19H18F2N2O6S/c1-29-23(17(25)11-16(24)19(26)22-30(2,27)28)18(12-3-7-14(20)8-4-12)13-5-9-15(21)10-6-13/h3-11,18,24H,1-2H3,(H,22,26). The number of aliphatic hydroxyl groups excluding tert-OH is 1. The maximum Gasteiger partial charge on any atom is 0.299 e. The molecule has 30 heavy (non-hydrogen) atoms. The fraction of sp³-hybridized carbons (Fsp3) is 0.158. The van der Waals surface area contributed by atoms with Gasteiger partial charge in [0.15, 0.2) is 5.76 Å². The van der Waals surface area contributed by atoms with Crippen LogP contribution in [0.1, 0.15) is 17.2 Å². The van der Waals surface area contributed by atoms with E-state index in [0.29, 0.717) is 23.5 Å². The van der Waals surface area contributed by atoms with E-state index in [4.69, 9.17) is 4.84 Å². The van der Waals surface area contributed by atoms with Crippen molar-refractivity contribution >= 4 is 21.8 Å². The Labute approximate surface area is 171 Å². The minimum Gasteiger partial charge on any atom is -0.503 e. The lowest BCUT2D eigenvalue weighted by Crippen LogP contribution is -2.35. The smallest absolute Gasteiger partial charge is 0.299 e. The number of sulfonamides is 1. The number of aliphatic hydroxyl groups is 1. The van der Waals surface area contributed by atoms with Gasteiger partial charge in [0.25, 0.3) is 11.8 Å². The average Bonchev–Trinajstić information content (AvgIpc) is 2.66. The average molecular weight is 440 g/mol. The molecule has 0 saturated carbocycles. The molecule has 0 bridgehead atoms. The Kier molecular flexibility index (Phi) is 7.24. The van der Waals surface area contributed by atoms with Gasteiger partial charge in [-0.05, 0) is 35.4 Å². The van der Waals surface area contributed by atoms with Crippen molar-refractivity contribution in [2.75, 3.05) is 13.4 Å². The molecule has 2 aromatic carbocycles. The van der Waals surface area contributed by atoms with Crippen LogP contribution in [0.4, 0.5) is 8.78 Å². The lowest BCUT2D eigenvalue weighted by atomic mass is 9.98. The number of hydrogen-bond donors (Lipinski definition) is 2. The predicted molar refractivity (Wildman–Crippen MR) is 102 cm³/mol. The minimum absolute atomic E-state index is 0.381. The van der Waals surface area contributed by atoms with Gasteiger partial charge in [-0.3, -0.25) is 14.4 Å². The zero-order valence-corrected chi connectivity index (χ0v) is 16.7. The van der Waals surface area contributed by atoms with Crippen molar-refractivity contribution in [3.8, 4) is 0 Å². The summed E-state index contributed by atoms with van der Waals surface area (Å²) in [6.45, 7) is 0. The summed E-state index contributed by atoms with van der Waals surface area (Å²) >= 11 is 0. The van der Waals surface area contributed by atoms with Gasteiger partial charge in [0, 0.05) is 0 Å². The van der Waals surface area contributed by atoms with Gasteiger partial charge in [0.2, 0.25) is 10.0 Å². The van der Waals surface area contributed by atoms with Gasteiger partial charge in [-0.15, -0.1) is 0 Å². The van der Waals surface area contributed by atoms with Crippen LogP contribution in [0.3, 0.4) is 0 Å². The van der Waals surface area contributed by atoms with Crippen molar-refractivity contribution in [1.29, 1.82) is 0 Å². The van der Waals surface area contributed by atoms with Gasteiger partial charge in [-0.1, -0.05) is 24.3 Å². The minimum atomic E-state index is -3.97. The van der Waals surface area contributed by atoms with Gasteiger partial charge in [-0.2, -0.15) is 0 Å². The molecule has 2 N–H and O–H groups in total. The number of amides is 2. The number of hydroxylamine groups is 2. The monoisotopic (exact) mass is 440 g/mol. The number of hydrogen-bond acceptors (Lipinski definition) is 6. The van der Waals surface area contributed by atoms with Gasteiger partial charge in [0.1, 0.15) is 17.7 Å². The summed E-state index contributed by atoms with van der Waals surface area (Å²) in [6.07, 6.45) is 1.16. The van der Waals surface area contributed by atoms with E-state index >= 15 is 0 Å². The van der Waals surface area contributed by atoms with Crippen LogP contribution in [-0.2, 0) is 24.4 Å². The molecular formula is C19H18F2N2O6S. The summed E-state index contributed by atoms with van der Waals surface area (Å²) in [4.78, 5) is 29.5. The summed E-state index contributed by atoms with van der Waals surface area (Å²) in [5.74, 6) is -4.67. The maximum atomic E-state index is 13.3. The third-order valence-corrected chi connectivity index (χ3v) is 4.35. The zero-order chi connectivity index (χ0) is 22.5. The summed E-state index contributed by atoms with van der Waals surface area (Å²) in [6, 6.07) is 9.10. The van der Waals surface area contributed by atoms with Gasteiger partial charge in [0.05, 0.1) is 19.4 Å². The second kappa shape index (κ2) is 9.46. The van der Waals surface area contributed by atoms with E-state index in [1.165, 1.54) is 29.0 Å². The molecule has 2 rings (SSSR count). The Morgan fingerprint density at radius 1 is 1.03 bits per heavy atom. The van der Waals surface area contributed by atoms with Crippen molar-refractivity contribution in [2.24, 2.45) is 0 Å². The Hall–Kier alpha value is -3.31. The predicted octanol–water partition coefficient (Wildman–Crippen LogP) is 1.96. The molecule has 2 aromatic rings. The largest absolute Gasteiger partial charge is 0.503 e. The SMILES string of the molecule is CON(C(=O)C=C(O)C(=O)NS(C)(=O)=O)C(c1ccc(F)cc1)c1ccc(F)cc1. The zero-order valence-electron chi connectivity index (χ0n) is 15.9. The number of halogens is 2. The van der Waals surface area contributed by atoms with E-state index in [2.05, 4.69) is 0 Å². The highest BCUT2D eigenvalue weighted by atomic mass is 32.2. The highest BCUT2D eigenvalue weighted by molar-refractivity contribution is 7.89. The lowest BCUT2D eigenvalue weighted by Gasteiger charge is -2.29. The molecule has 0 radical (unpaired) electrons. The van der Waals surface area contributed by atoms with Crippen LogP contribution in [0.5, 0.6) is 0 Å². The fourth-order valence-corrected chi connectivity index (χ4v) is 2.98. The highest BCUT2D eigenvalue weighted by Crippen LogP contribution is 2.29. The Morgan fingerprint density at radius 3 is 1.83 bits per heavy atom. The fourth-order valence-electron chi connectivity index (χ4n) is 2.54. The van der Waals surface area contributed by atoms with Crippen molar-refractivity contribution in [3.63, 3.8) is 0 Å². The van der Waals surface area contributed by atoms with E-state index in [1.54, 1.807) is 0 Å². The van der Waals surface area contributed by atoms with E-state index in [0.717, 1.165) is 36.4 Å². The first-order chi connectivity index (χ1) is 14.0. The van der Waals surface area contributed by atoms with Crippen LogP contribution in [0.15, 0.2) is 60.4 Å². The van der Waals surface area contributed by atoms with E-state index in [9.17, 15) is 31.9 Å². The summed E-state index contributed by atoms with van der Waals surface area (Å²) in [7, 11) is -2.83. The molecule has 0 spiro atoms. The molecule has 0 aromatic heterocycles. The van der Waals surface area contributed by atoms with Crippen LogP contribution in [-0.4, -0.2) is 43.8 Å². The van der Waals surface area contributed by atoms with Crippen molar-refractivity contribution in [1.82, 2.24) is 9.79 Å². The van der Waals surface area contributed by atoms with Gasteiger partial charge in [-0.25, -0.2) is 27.0 Å². The molecule has 0 heterocycles. The van der Waals surface area contributed by atoms with E-state index < -0.39 is 45.3 Å². The number of rotatable bonds is 7. The second-order valence-electron chi connectivity index (χ2n) is 6.09. The van der Waals surface area contributed by atoms with Gasteiger partial charge >= 0.3 is 0 Å². The topological polar surface area (TPSA) is 113 Å². The van der Waals surface area contributed by atoms with Crippen LogP contribution >= 0.6 is 0 Å². The molecule has 0 aliphatic rings. The van der Waals surface area contributed by atoms with Crippen molar-refractivity contribution in [2.45, 2.75) is 6.04 Å². The molecule has 160 valence electrons. The Balaban J connectivity index is 2.45. The lowest BCUT2D eigenvalue weighted by molar-refractivity contribution is -0.179. The molecular weight excluding hydrogens is 422 g/mol. The van der Waals surface area contributed by atoms with Crippen molar-refractivity contribution < 1.29 is 36.7 Å². The number of carbonyl (C=O) groups is 2. The summed E-state index contributed by atoms with van der Waals surface area (Å²) < 4.78 is 50.4. The maximum absolute atomic E-state index is 13.3. The van der Waals surface area contributed by atoms with E-state index in [-0.39, 0.29) is 0 Å². The Bertz CT molecular complexity index is 1010. The molecule has 8 nitrogen and oxygen atoms in total. The summed E-state index contributed by atoms with van der Waals surface area (Å²) in [5.41, 5.74) is 0.762. The molecule has 2 amide bonds. The first kappa shape index (κ1) is 23.0. The molecule has 11 heteroatoms. The second-order valence-corrected chi connectivity index (χ2v) is 7.83. The third kappa shape index (κ3) is 6.09. The molecule has 0 unspecified atom stereocenters. The van der Waals surface area contributed by atoms with Crippen LogP contribution in [0, 0.1) is 11.6 Å². The van der Waals surface area contributed by atoms with Crippen LogP contribution in [0.2, 0.25) is 0 Å². The quantitative estimate of drug-likeness (QED) is 0.387. The first-order valence-electron chi connectivity index (χ1n) is 8.33. The van der Waals surface area contributed by atoms with E-state index in [1.807, 2.05) is 0 Å². The number of benzene rings is 2. The first-order valence-corrected chi connectivity index (χ1v) is 10.2. The number of nitrogens with zero attached hydrogens (tertiary/aromatic N) is 1.